The lowest BCUT2D eigenvalue weighted by molar-refractivity contribution is -0.135. The number of rotatable bonds is 10. The number of pyridine rings is 1. The van der Waals surface area contributed by atoms with Crippen LogP contribution in [0, 0.1) is 5.92 Å². The van der Waals surface area contributed by atoms with Crippen LogP contribution < -0.4 is 31.4 Å². The van der Waals surface area contributed by atoms with Gasteiger partial charge in [0, 0.05) is 114 Å². The molecule has 5 aromatic rings. The van der Waals surface area contributed by atoms with E-state index >= 15 is 8.78 Å². The number of aromatic nitrogens is 6. The van der Waals surface area contributed by atoms with Crippen molar-refractivity contribution in [3.63, 3.8) is 0 Å². The van der Waals surface area contributed by atoms with Crippen LogP contribution in [0.15, 0.2) is 77.5 Å². The number of anilines is 3. The highest BCUT2D eigenvalue weighted by atomic mass is 19.3. The van der Waals surface area contributed by atoms with Gasteiger partial charge in [0.15, 0.2) is 17.2 Å². The minimum Gasteiger partial charge on any atom is -0.385 e. The molecule has 11 rings (SSSR count). The highest BCUT2D eigenvalue weighted by Crippen LogP contribution is 2.44. The van der Waals surface area contributed by atoms with Gasteiger partial charge in [0.1, 0.15) is 12.2 Å². The Bertz CT molecular complexity index is 2920. The molecule has 8 heterocycles. The number of piperazine rings is 1. The molecule has 20 heteroatoms. The fraction of sp³-hybridized carbons (Fsp3) is 0.468. The number of hydrogen-bond acceptors (Lipinski definition) is 12. The van der Waals surface area contributed by atoms with E-state index < -0.39 is 42.0 Å². The lowest BCUT2D eigenvalue weighted by Crippen LogP contribution is -2.61. The average Bonchev–Trinajstić information content (AvgIpc) is 3.60. The smallest absolute Gasteiger partial charge is 0.329 e. The van der Waals surface area contributed by atoms with Crippen LogP contribution in [0.1, 0.15) is 65.8 Å². The molecule has 0 spiro atoms. The van der Waals surface area contributed by atoms with Crippen molar-refractivity contribution in [1.29, 1.82) is 0 Å². The molecule has 6 atom stereocenters. The van der Waals surface area contributed by atoms with Crippen molar-refractivity contribution in [1.82, 2.24) is 49.1 Å². The van der Waals surface area contributed by atoms with Crippen molar-refractivity contribution in [3.8, 4) is 0 Å². The lowest BCUT2D eigenvalue weighted by Gasteiger charge is -2.46. The minimum atomic E-state index is -2.91. The first-order chi connectivity index (χ1) is 32.3. The van der Waals surface area contributed by atoms with Gasteiger partial charge in [-0.3, -0.25) is 43.6 Å². The number of halogens is 3. The molecule has 4 saturated heterocycles. The molecule has 0 radical (unpaired) electrons. The Labute approximate surface area is 383 Å². The van der Waals surface area contributed by atoms with Gasteiger partial charge in [0.05, 0.1) is 41.5 Å². The van der Waals surface area contributed by atoms with E-state index in [0.717, 1.165) is 29.1 Å². The molecule has 3 N–H and O–H groups in total. The Morgan fingerprint density at radius 2 is 1.78 bits per heavy atom. The summed E-state index contributed by atoms with van der Waals surface area (Å²) in [5.41, 5.74) is 6.09. The summed E-state index contributed by atoms with van der Waals surface area (Å²) in [5, 5.41) is 13.1. The first kappa shape index (κ1) is 43.1. The van der Waals surface area contributed by atoms with Crippen LogP contribution in [0.4, 0.5) is 30.4 Å². The number of imidazole rings is 2. The summed E-state index contributed by atoms with van der Waals surface area (Å²) in [6, 6.07) is 9.44. The molecule has 2 aliphatic carbocycles. The summed E-state index contributed by atoms with van der Waals surface area (Å²) in [6.45, 7) is 3.30. The zero-order valence-corrected chi connectivity index (χ0v) is 37.2. The van der Waals surface area contributed by atoms with Gasteiger partial charge in [-0.05, 0) is 55.2 Å². The maximum absolute atomic E-state index is 16.0. The Hall–Kier alpha value is -6.54. The molecular formula is C47H52F3N13O4. The number of fused-ring (bicyclic) bond motifs is 3. The second-order valence-corrected chi connectivity index (χ2v) is 18.7. The number of amides is 3. The zero-order valence-electron chi connectivity index (χ0n) is 37.2. The van der Waals surface area contributed by atoms with E-state index in [0.29, 0.717) is 86.8 Å². The number of likely N-dealkylation sites (tertiary alicyclic amines) is 1. The third-order valence-electron chi connectivity index (χ3n) is 14.6. The first-order valence-corrected chi connectivity index (χ1v) is 23.1. The summed E-state index contributed by atoms with van der Waals surface area (Å²) in [4.78, 5) is 68.1. The highest BCUT2D eigenvalue weighted by molar-refractivity contribution is 6.00. The summed E-state index contributed by atoms with van der Waals surface area (Å²) in [7, 11) is 3.45. The zero-order chi connectivity index (χ0) is 46.3. The highest BCUT2D eigenvalue weighted by Gasteiger charge is 2.48. The molecule has 67 heavy (non-hydrogen) atoms. The summed E-state index contributed by atoms with van der Waals surface area (Å²) < 4.78 is 50.1. The summed E-state index contributed by atoms with van der Waals surface area (Å²) in [6.07, 6.45) is 10.4. The van der Waals surface area contributed by atoms with Gasteiger partial charge < -0.3 is 20.4 Å². The molecule has 1 saturated carbocycles. The normalized spacial score (nSPS) is 26.5. The van der Waals surface area contributed by atoms with Crippen LogP contribution >= 0.6 is 0 Å². The number of carbonyl (C=O) groups is 3. The Kier molecular flexibility index (Phi) is 10.7. The number of nitrogens with one attached hydrogen (secondary N) is 3. The van der Waals surface area contributed by atoms with E-state index in [1.807, 2.05) is 58.5 Å². The summed E-state index contributed by atoms with van der Waals surface area (Å²) in [5.74, 6) is -3.39. The molecule has 350 valence electrons. The number of imide groups is 1. The fourth-order valence-corrected chi connectivity index (χ4v) is 10.9. The second kappa shape index (κ2) is 16.7. The monoisotopic (exact) mass is 919 g/mol. The SMILES string of the molecule is CNc1cc(N2CCC3C2=CC=CC3c2ccc(CN3CCC(N4CCN(c5ccc6c(c5)n(C)c(=O)n6C5CCC(=O)NC5=O)CC4)C(F)(F)C3)cn2)nn2c(C(=O)NC3CC3F)cnc12. The van der Waals surface area contributed by atoms with Crippen molar-refractivity contribution >= 4 is 51.6 Å². The van der Waals surface area contributed by atoms with Crippen LogP contribution in [-0.2, 0) is 23.2 Å². The van der Waals surface area contributed by atoms with Gasteiger partial charge in [0.25, 0.3) is 11.8 Å². The third kappa shape index (κ3) is 7.72. The van der Waals surface area contributed by atoms with Gasteiger partial charge >= 0.3 is 5.69 Å². The van der Waals surface area contributed by atoms with Crippen LogP contribution in [0.25, 0.3) is 16.7 Å². The van der Waals surface area contributed by atoms with Gasteiger partial charge in [-0.1, -0.05) is 18.2 Å². The molecule has 4 aromatic heterocycles. The largest absolute Gasteiger partial charge is 0.385 e. The first-order valence-electron chi connectivity index (χ1n) is 23.1. The number of hydrogen-bond donors (Lipinski definition) is 3. The van der Waals surface area contributed by atoms with Crippen molar-refractivity contribution in [2.75, 3.05) is 68.0 Å². The topological polar surface area (TPSA) is 170 Å². The molecule has 6 aliphatic rings. The quantitative estimate of drug-likeness (QED) is 0.174. The number of allylic oxidation sites excluding steroid dienone is 4. The fourth-order valence-electron chi connectivity index (χ4n) is 10.9. The molecule has 1 aromatic carbocycles. The molecule has 0 bridgehead atoms. The maximum atomic E-state index is 16.0. The van der Waals surface area contributed by atoms with Crippen molar-refractivity contribution in [3.05, 3.63) is 100 Å². The Morgan fingerprint density at radius 3 is 2.51 bits per heavy atom. The molecule has 4 aliphatic heterocycles. The van der Waals surface area contributed by atoms with E-state index in [1.165, 1.54) is 19.8 Å². The second-order valence-electron chi connectivity index (χ2n) is 18.7. The maximum Gasteiger partial charge on any atom is 0.329 e. The lowest BCUT2D eigenvalue weighted by atomic mass is 9.83. The average molecular weight is 920 g/mol. The number of benzene rings is 1. The molecule has 17 nitrogen and oxygen atoms in total. The van der Waals surface area contributed by atoms with Crippen LogP contribution in [0.5, 0.6) is 0 Å². The van der Waals surface area contributed by atoms with Crippen LogP contribution in [0.2, 0.25) is 0 Å². The van der Waals surface area contributed by atoms with E-state index in [9.17, 15) is 23.6 Å². The van der Waals surface area contributed by atoms with Gasteiger partial charge in [-0.15, -0.1) is 5.10 Å². The summed E-state index contributed by atoms with van der Waals surface area (Å²) >= 11 is 0. The predicted octanol–water partition coefficient (Wildman–Crippen LogP) is 3.73. The van der Waals surface area contributed by atoms with E-state index in [4.69, 9.17) is 10.1 Å². The molecule has 6 unspecified atom stereocenters. The molecule has 5 fully saturated rings. The Morgan fingerprint density at radius 1 is 0.955 bits per heavy atom. The van der Waals surface area contributed by atoms with Crippen molar-refractivity contribution in [2.24, 2.45) is 13.0 Å². The van der Waals surface area contributed by atoms with E-state index in [1.54, 1.807) is 14.1 Å². The van der Waals surface area contributed by atoms with Gasteiger partial charge in [0.2, 0.25) is 11.8 Å². The standard InChI is InChI=1S/C47H52F3N13O4/c1-51-34-22-41(56-63-39(24-53-43(34)63)45(66)54-33-21-31(33)48)61-15-12-30-29(4-3-5-35(30)61)32-8-6-27(23-52-32)25-58-14-13-40(47(49,50)26-58)60-18-16-59(17-19-60)28-7-9-36-38(20-28)57(2)46(67)62(36)37-10-11-42(64)55-44(37)65/h3-9,20,22-24,29-31,33,37,40,51H,10-19,21,25-26H2,1-2H3,(H,54,66)(H,55,64,65). The van der Waals surface area contributed by atoms with Gasteiger partial charge in [-0.2, -0.15) is 0 Å². The molecular weight excluding hydrogens is 868 g/mol. The third-order valence-corrected chi connectivity index (χ3v) is 14.6. The number of piperidine rings is 2. The minimum absolute atomic E-state index is 0.00235. The number of nitrogens with zero attached hydrogens (tertiary/aromatic N) is 10. The van der Waals surface area contributed by atoms with Crippen LogP contribution in [-0.4, -0.2) is 133 Å². The predicted molar refractivity (Wildman–Crippen MR) is 244 cm³/mol. The van der Waals surface area contributed by atoms with E-state index in [2.05, 4.69) is 42.9 Å². The van der Waals surface area contributed by atoms with Crippen molar-refractivity contribution in [2.45, 2.75) is 74.8 Å². The van der Waals surface area contributed by atoms with Gasteiger partial charge in [-0.25, -0.2) is 27.5 Å². The van der Waals surface area contributed by atoms with Crippen LogP contribution in [0.3, 0.4) is 0 Å². The van der Waals surface area contributed by atoms with Crippen molar-refractivity contribution < 1.29 is 27.6 Å². The number of alkyl halides is 3. The molecule has 3 amide bonds. The Balaban J connectivity index is 0.704. The number of carbonyl (C=O) groups excluding carboxylic acids is 3. The number of aryl methyl sites for hydroxylation is 1. The van der Waals surface area contributed by atoms with E-state index in [-0.39, 0.29) is 48.5 Å².